The molecule has 1 aliphatic heterocycles. The minimum atomic E-state index is 0.213. The van der Waals surface area contributed by atoms with E-state index in [1.165, 1.54) is 36.2 Å². The highest BCUT2D eigenvalue weighted by molar-refractivity contribution is 5.62. The molecular weight excluding hydrogens is 248 g/mol. The first-order valence-corrected chi connectivity index (χ1v) is 7.76. The molecule has 20 heavy (non-hydrogen) atoms. The second kappa shape index (κ2) is 5.28. The average molecular weight is 274 g/mol. The zero-order chi connectivity index (χ0) is 14.2. The Balaban J connectivity index is 1.69. The number of anilines is 2. The van der Waals surface area contributed by atoms with E-state index in [0.717, 1.165) is 19.4 Å². The topological polar surface area (TPSA) is 24.5 Å². The number of hydrogen-bond donors (Lipinski definition) is 1. The van der Waals surface area contributed by atoms with Gasteiger partial charge in [-0.1, -0.05) is 6.07 Å². The zero-order valence-electron chi connectivity index (χ0n) is 12.9. The summed E-state index contributed by atoms with van der Waals surface area (Å²) in [5, 5.41) is 3.72. The molecule has 1 aliphatic carbocycles. The maximum atomic E-state index is 6.00. The summed E-state index contributed by atoms with van der Waals surface area (Å²) in [5.41, 5.74) is 4.06. The number of nitrogens with zero attached hydrogens (tertiary/aromatic N) is 1. The van der Waals surface area contributed by atoms with E-state index in [1.54, 1.807) is 0 Å². The van der Waals surface area contributed by atoms with E-state index >= 15 is 0 Å². The van der Waals surface area contributed by atoms with Gasteiger partial charge in [0.15, 0.2) is 0 Å². The van der Waals surface area contributed by atoms with E-state index in [0.29, 0.717) is 6.04 Å². The van der Waals surface area contributed by atoms with E-state index < -0.39 is 0 Å². The van der Waals surface area contributed by atoms with E-state index in [-0.39, 0.29) is 5.60 Å². The molecule has 0 aromatic heterocycles. The molecule has 1 saturated carbocycles. The van der Waals surface area contributed by atoms with Gasteiger partial charge in [-0.2, -0.15) is 0 Å². The van der Waals surface area contributed by atoms with Crippen molar-refractivity contribution in [1.29, 1.82) is 0 Å². The molecule has 0 amide bonds. The Morgan fingerprint density at radius 3 is 2.75 bits per heavy atom. The van der Waals surface area contributed by atoms with Crippen LogP contribution in [-0.4, -0.2) is 32.3 Å². The van der Waals surface area contributed by atoms with Crippen molar-refractivity contribution in [3.8, 4) is 0 Å². The minimum absolute atomic E-state index is 0.213. The van der Waals surface area contributed by atoms with Crippen molar-refractivity contribution < 1.29 is 4.74 Å². The van der Waals surface area contributed by atoms with Crippen molar-refractivity contribution in [2.24, 2.45) is 0 Å². The van der Waals surface area contributed by atoms with Crippen molar-refractivity contribution >= 4 is 11.4 Å². The molecule has 0 radical (unpaired) electrons. The van der Waals surface area contributed by atoms with Gasteiger partial charge in [0.25, 0.3) is 0 Å². The van der Waals surface area contributed by atoms with Gasteiger partial charge in [-0.25, -0.2) is 0 Å². The minimum Gasteiger partial charge on any atom is -0.382 e. The fourth-order valence-electron chi connectivity index (χ4n) is 3.49. The van der Waals surface area contributed by atoms with Gasteiger partial charge in [0.05, 0.1) is 5.60 Å². The summed E-state index contributed by atoms with van der Waals surface area (Å²) in [4.78, 5) is 2.18. The predicted octanol–water partition coefficient (Wildman–Crippen LogP) is 3.57. The van der Waals surface area contributed by atoms with Crippen LogP contribution in [0, 0.1) is 6.92 Å². The molecule has 2 aliphatic rings. The molecule has 3 rings (SSSR count). The van der Waals surface area contributed by atoms with Crippen LogP contribution >= 0.6 is 0 Å². The quantitative estimate of drug-likeness (QED) is 0.912. The third-order valence-electron chi connectivity index (χ3n) is 4.82. The molecule has 1 N–H and O–H groups in total. The Hall–Kier alpha value is -1.22. The lowest BCUT2D eigenvalue weighted by atomic mass is 9.74. The molecule has 0 bridgehead atoms. The second-order valence-corrected chi connectivity index (χ2v) is 6.61. The molecule has 1 spiro atoms. The van der Waals surface area contributed by atoms with Crippen LogP contribution in [0.15, 0.2) is 18.2 Å². The first-order chi connectivity index (χ1) is 9.58. The van der Waals surface area contributed by atoms with E-state index in [1.807, 2.05) is 0 Å². The monoisotopic (exact) mass is 274 g/mol. The molecule has 1 unspecified atom stereocenters. The summed E-state index contributed by atoms with van der Waals surface area (Å²) in [6.45, 7) is 3.07. The molecule has 1 aromatic rings. The lowest BCUT2D eigenvalue weighted by molar-refractivity contribution is -0.130. The van der Waals surface area contributed by atoms with E-state index in [4.69, 9.17) is 4.74 Å². The first kappa shape index (κ1) is 13.7. The van der Waals surface area contributed by atoms with Crippen molar-refractivity contribution in [2.45, 2.75) is 50.7 Å². The highest BCUT2D eigenvalue weighted by Gasteiger charge is 2.42. The van der Waals surface area contributed by atoms with Crippen LogP contribution < -0.4 is 10.2 Å². The number of rotatable bonds is 3. The maximum absolute atomic E-state index is 6.00. The molecule has 1 atom stereocenters. The van der Waals surface area contributed by atoms with Crippen LogP contribution in [0.1, 0.15) is 37.7 Å². The summed E-state index contributed by atoms with van der Waals surface area (Å²) >= 11 is 0. The summed E-state index contributed by atoms with van der Waals surface area (Å²) in [5.74, 6) is 0. The lowest BCUT2D eigenvalue weighted by Crippen LogP contribution is -2.49. The second-order valence-electron chi connectivity index (χ2n) is 6.61. The number of benzene rings is 1. The molecule has 110 valence electrons. The molecule has 1 saturated heterocycles. The molecule has 3 heteroatoms. The van der Waals surface area contributed by atoms with Gasteiger partial charge in [-0.05, 0) is 56.7 Å². The van der Waals surface area contributed by atoms with Gasteiger partial charge in [0.1, 0.15) is 0 Å². The molecule has 2 fully saturated rings. The fourth-order valence-corrected chi connectivity index (χ4v) is 3.49. The molecule has 1 heterocycles. The van der Waals surface area contributed by atoms with Gasteiger partial charge < -0.3 is 15.0 Å². The highest BCUT2D eigenvalue weighted by atomic mass is 16.5. The predicted molar refractivity (Wildman–Crippen MR) is 84.7 cm³/mol. The summed E-state index contributed by atoms with van der Waals surface area (Å²) in [6.07, 6.45) is 6.12. The normalized spacial score (nSPS) is 24.2. The van der Waals surface area contributed by atoms with Crippen LogP contribution in [0.25, 0.3) is 0 Å². The Morgan fingerprint density at radius 2 is 2.10 bits per heavy atom. The van der Waals surface area contributed by atoms with Crippen molar-refractivity contribution in [3.05, 3.63) is 23.8 Å². The summed E-state index contributed by atoms with van der Waals surface area (Å²) < 4.78 is 6.00. The standard InChI is InChI=1S/C17H26N2O/c1-13-5-6-14(11-16(13)19(2)3)18-15-7-10-20-17(12-15)8-4-9-17/h5-6,11,15,18H,4,7-10,12H2,1-3H3. The van der Waals surface area contributed by atoms with Crippen LogP contribution in [0.4, 0.5) is 11.4 Å². The average Bonchev–Trinajstić information content (AvgIpc) is 2.39. The third-order valence-corrected chi connectivity index (χ3v) is 4.82. The number of hydrogen-bond acceptors (Lipinski definition) is 3. The largest absolute Gasteiger partial charge is 0.382 e. The van der Waals surface area contributed by atoms with E-state index in [9.17, 15) is 0 Å². The Morgan fingerprint density at radius 1 is 1.30 bits per heavy atom. The zero-order valence-corrected chi connectivity index (χ0v) is 12.9. The van der Waals surface area contributed by atoms with Crippen LogP contribution in [0.3, 0.4) is 0 Å². The third kappa shape index (κ3) is 2.64. The van der Waals surface area contributed by atoms with Crippen LogP contribution in [0.5, 0.6) is 0 Å². The van der Waals surface area contributed by atoms with Crippen LogP contribution in [0.2, 0.25) is 0 Å². The lowest BCUT2D eigenvalue weighted by Gasteiger charge is -2.47. The fraction of sp³-hybridized carbons (Fsp3) is 0.647. The first-order valence-electron chi connectivity index (χ1n) is 7.76. The number of ether oxygens (including phenoxy) is 1. The highest BCUT2D eigenvalue weighted by Crippen LogP contribution is 2.43. The van der Waals surface area contributed by atoms with Gasteiger partial charge in [-0.15, -0.1) is 0 Å². The van der Waals surface area contributed by atoms with E-state index in [2.05, 4.69) is 49.4 Å². The van der Waals surface area contributed by atoms with Crippen molar-refractivity contribution in [1.82, 2.24) is 0 Å². The Bertz CT molecular complexity index is 480. The SMILES string of the molecule is Cc1ccc(NC2CCOC3(CCC3)C2)cc1N(C)C. The smallest absolute Gasteiger partial charge is 0.0702 e. The molecular formula is C17H26N2O. The van der Waals surface area contributed by atoms with Gasteiger partial charge in [0.2, 0.25) is 0 Å². The van der Waals surface area contributed by atoms with Crippen molar-refractivity contribution in [3.63, 3.8) is 0 Å². The Kier molecular flexibility index (Phi) is 3.63. The van der Waals surface area contributed by atoms with Gasteiger partial charge >= 0.3 is 0 Å². The summed E-state index contributed by atoms with van der Waals surface area (Å²) in [7, 11) is 4.20. The number of aryl methyl sites for hydroxylation is 1. The van der Waals surface area contributed by atoms with Crippen molar-refractivity contribution in [2.75, 3.05) is 30.9 Å². The van der Waals surface area contributed by atoms with Crippen LogP contribution in [-0.2, 0) is 4.74 Å². The Labute approximate surface area is 122 Å². The molecule has 3 nitrogen and oxygen atoms in total. The maximum Gasteiger partial charge on any atom is 0.0702 e. The summed E-state index contributed by atoms with van der Waals surface area (Å²) in [6, 6.07) is 7.22. The number of nitrogens with one attached hydrogen (secondary N) is 1. The van der Waals surface area contributed by atoms with Gasteiger partial charge in [0, 0.05) is 38.1 Å². The molecule has 1 aromatic carbocycles. The van der Waals surface area contributed by atoms with Gasteiger partial charge in [-0.3, -0.25) is 0 Å².